The second-order valence-electron chi connectivity index (χ2n) is 4.37. The van der Waals surface area contributed by atoms with Gasteiger partial charge >= 0.3 is 0 Å². The molecule has 92 valence electrons. The number of hydrogen-bond acceptors (Lipinski definition) is 3. The minimum atomic E-state index is 0.363. The van der Waals surface area contributed by atoms with Gasteiger partial charge in [-0.1, -0.05) is 6.92 Å². The molecule has 2 aromatic rings. The molecule has 0 radical (unpaired) electrons. The molecule has 0 saturated carbocycles. The lowest BCUT2D eigenvalue weighted by Gasteiger charge is -2.15. The van der Waals surface area contributed by atoms with Crippen LogP contribution in [0, 0.1) is 20.8 Å². The summed E-state index contributed by atoms with van der Waals surface area (Å²) in [6, 6.07) is 4.98. The summed E-state index contributed by atoms with van der Waals surface area (Å²) >= 11 is 3.74. The van der Waals surface area contributed by atoms with Gasteiger partial charge in [-0.25, -0.2) is 0 Å². The molecule has 0 saturated heterocycles. The highest BCUT2D eigenvalue weighted by Crippen LogP contribution is 2.32. The van der Waals surface area contributed by atoms with Gasteiger partial charge in [0.25, 0.3) is 0 Å². The van der Waals surface area contributed by atoms with E-state index < -0.39 is 0 Å². The molecule has 0 bridgehead atoms. The molecule has 1 nitrogen and oxygen atoms in total. The summed E-state index contributed by atoms with van der Waals surface area (Å²) in [4.78, 5) is 4.24. The number of thiophene rings is 2. The summed E-state index contributed by atoms with van der Waals surface area (Å²) in [7, 11) is 0. The monoisotopic (exact) mass is 265 g/mol. The van der Waals surface area contributed by atoms with Crippen LogP contribution in [-0.2, 0) is 0 Å². The van der Waals surface area contributed by atoms with Crippen molar-refractivity contribution in [3.8, 4) is 0 Å². The van der Waals surface area contributed by atoms with E-state index in [4.69, 9.17) is 0 Å². The van der Waals surface area contributed by atoms with Gasteiger partial charge in [0.15, 0.2) is 0 Å². The van der Waals surface area contributed by atoms with Gasteiger partial charge in [-0.2, -0.15) is 0 Å². The maximum absolute atomic E-state index is 3.59. The smallest absolute Gasteiger partial charge is 0.0679 e. The van der Waals surface area contributed by atoms with Crippen molar-refractivity contribution in [2.75, 3.05) is 6.54 Å². The van der Waals surface area contributed by atoms with Crippen LogP contribution in [0.2, 0.25) is 0 Å². The van der Waals surface area contributed by atoms with Gasteiger partial charge in [0.2, 0.25) is 0 Å². The van der Waals surface area contributed by atoms with Crippen LogP contribution in [0.25, 0.3) is 0 Å². The molecule has 3 heteroatoms. The highest BCUT2D eigenvalue weighted by atomic mass is 32.1. The van der Waals surface area contributed by atoms with E-state index in [1.807, 2.05) is 22.7 Å². The van der Waals surface area contributed by atoms with Crippen LogP contribution in [0.4, 0.5) is 0 Å². The van der Waals surface area contributed by atoms with Crippen molar-refractivity contribution in [3.05, 3.63) is 43.3 Å². The first-order chi connectivity index (χ1) is 8.11. The van der Waals surface area contributed by atoms with Gasteiger partial charge in [0, 0.05) is 14.6 Å². The summed E-state index contributed by atoms with van der Waals surface area (Å²) in [6.07, 6.45) is 0. The van der Waals surface area contributed by atoms with E-state index >= 15 is 0 Å². The number of rotatable bonds is 4. The summed E-state index contributed by atoms with van der Waals surface area (Å²) in [6.45, 7) is 9.72. The van der Waals surface area contributed by atoms with Crippen molar-refractivity contribution in [2.45, 2.75) is 33.7 Å². The molecule has 0 spiro atoms. The highest BCUT2D eigenvalue weighted by molar-refractivity contribution is 7.12. The molecule has 2 heterocycles. The van der Waals surface area contributed by atoms with E-state index in [-0.39, 0.29) is 0 Å². The van der Waals surface area contributed by atoms with E-state index in [1.165, 1.54) is 25.8 Å². The third-order valence-corrected chi connectivity index (χ3v) is 5.06. The lowest BCUT2D eigenvalue weighted by atomic mass is 10.1. The van der Waals surface area contributed by atoms with E-state index in [1.54, 1.807) is 0 Å². The Kier molecular flexibility index (Phi) is 4.02. The Balaban J connectivity index is 2.34. The van der Waals surface area contributed by atoms with Crippen molar-refractivity contribution in [3.63, 3.8) is 0 Å². The first-order valence-electron chi connectivity index (χ1n) is 5.97. The maximum atomic E-state index is 3.59. The predicted molar refractivity (Wildman–Crippen MR) is 78.4 cm³/mol. The van der Waals surface area contributed by atoms with Crippen LogP contribution in [0.15, 0.2) is 17.5 Å². The van der Waals surface area contributed by atoms with Crippen molar-refractivity contribution < 1.29 is 0 Å². The Morgan fingerprint density at radius 1 is 1.24 bits per heavy atom. The average molecular weight is 265 g/mol. The molecule has 2 aromatic heterocycles. The quantitative estimate of drug-likeness (QED) is 0.862. The van der Waals surface area contributed by atoms with E-state index in [0.29, 0.717) is 6.04 Å². The fourth-order valence-corrected chi connectivity index (χ4v) is 3.82. The third kappa shape index (κ3) is 2.79. The number of nitrogens with one attached hydrogen (secondary N) is 1. The van der Waals surface area contributed by atoms with Gasteiger partial charge in [0.1, 0.15) is 0 Å². The Labute approximate surface area is 112 Å². The van der Waals surface area contributed by atoms with Gasteiger partial charge < -0.3 is 5.32 Å². The molecule has 0 fully saturated rings. The second-order valence-corrected chi connectivity index (χ2v) is 6.77. The van der Waals surface area contributed by atoms with Gasteiger partial charge in [-0.3, -0.25) is 0 Å². The Morgan fingerprint density at radius 3 is 2.47 bits per heavy atom. The number of hydrogen-bond donors (Lipinski definition) is 1. The molecule has 0 aromatic carbocycles. The molecule has 1 unspecified atom stereocenters. The first kappa shape index (κ1) is 12.8. The lowest BCUT2D eigenvalue weighted by molar-refractivity contribution is 0.641. The molecule has 0 aliphatic rings. The largest absolute Gasteiger partial charge is 0.306 e. The van der Waals surface area contributed by atoms with Gasteiger partial charge in [0.05, 0.1) is 6.04 Å². The zero-order chi connectivity index (χ0) is 12.4. The Morgan fingerprint density at radius 2 is 2.00 bits per heavy atom. The summed E-state index contributed by atoms with van der Waals surface area (Å²) < 4.78 is 0. The standard InChI is InChI=1S/C14H19NS2/c1-5-15-14(12-7-10(3)16-8-12)13-6-9(2)11(4)17-13/h6-8,14-15H,5H2,1-4H3. The summed E-state index contributed by atoms with van der Waals surface area (Å²) in [5.74, 6) is 0. The Bertz CT molecular complexity index is 477. The summed E-state index contributed by atoms with van der Waals surface area (Å²) in [5.41, 5.74) is 2.80. The molecular weight excluding hydrogens is 246 g/mol. The van der Waals surface area contributed by atoms with Crippen LogP contribution in [0.1, 0.15) is 38.7 Å². The fourth-order valence-electron chi connectivity index (χ4n) is 1.95. The molecular formula is C14H19NS2. The number of aryl methyl sites for hydroxylation is 3. The van der Waals surface area contributed by atoms with E-state index in [0.717, 1.165) is 6.54 Å². The molecule has 0 aliphatic carbocycles. The summed E-state index contributed by atoms with van der Waals surface area (Å²) in [5, 5.41) is 5.86. The van der Waals surface area contributed by atoms with Gasteiger partial charge in [-0.05, 0) is 56.0 Å². The van der Waals surface area contributed by atoms with Crippen molar-refractivity contribution in [1.29, 1.82) is 0 Å². The van der Waals surface area contributed by atoms with Crippen LogP contribution in [-0.4, -0.2) is 6.54 Å². The molecule has 2 rings (SSSR count). The van der Waals surface area contributed by atoms with Crippen LogP contribution in [0.5, 0.6) is 0 Å². The van der Waals surface area contributed by atoms with E-state index in [9.17, 15) is 0 Å². The van der Waals surface area contributed by atoms with Crippen molar-refractivity contribution in [2.24, 2.45) is 0 Å². The lowest BCUT2D eigenvalue weighted by Crippen LogP contribution is -2.20. The van der Waals surface area contributed by atoms with Crippen LogP contribution in [0.3, 0.4) is 0 Å². The zero-order valence-corrected chi connectivity index (χ0v) is 12.5. The minimum Gasteiger partial charge on any atom is -0.306 e. The molecule has 1 atom stereocenters. The SMILES string of the molecule is CCNC(c1csc(C)c1)c1cc(C)c(C)s1. The molecule has 0 aliphatic heterocycles. The minimum absolute atomic E-state index is 0.363. The second kappa shape index (κ2) is 5.34. The molecule has 0 amide bonds. The highest BCUT2D eigenvalue weighted by Gasteiger charge is 2.16. The van der Waals surface area contributed by atoms with Gasteiger partial charge in [-0.15, -0.1) is 22.7 Å². The van der Waals surface area contributed by atoms with Crippen LogP contribution < -0.4 is 5.32 Å². The van der Waals surface area contributed by atoms with Crippen LogP contribution >= 0.6 is 22.7 Å². The topological polar surface area (TPSA) is 12.0 Å². The maximum Gasteiger partial charge on any atom is 0.0679 e. The van der Waals surface area contributed by atoms with Crippen molar-refractivity contribution >= 4 is 22.7 Å². The first-order valence-corrected chi connectivity index (χ1v) is 7.66. The normalized spacial score (nSPS) is 12.9. The molecule has 17 heavy (non-hydrogen) atoms. The van der Waals surface area contributed by atoms with Crippen molar-refractivity contribution in [1.82, 2.24) is 5.32 Å². The Hall–Kier alpha value is -0.640. The van der Waals surface area contributed by atoms with E-state index in [2.05, 4.69) is 50.5 Å². The third-order valence-electron chi connectivity index (χ3n) is 2.96. The fraction of sp³-hybridized carbons (Fsp3) is 0.429. The zero-order valence-electron chi connectivity index (χ0n) is 10.8. The molecule has 1 N–H and O–H groups in total. The average Bonchev–Trinajstić information content (AvgIpc) is 2.83. The predicted octanol–water partition coefficient (Wildman–Crippen LogP) is 4.43.